The average Bonchev–Trinajstić information content (AvgIpc) is 2.66. The standard InChI is InChI=1S/C12H27N3/c1-5-13-8-6-11(2)15-9-7-12(10-15)14(3)4/h11-13H,5-10H2,1-4H3. The highest BCUT2D eigenvalue weighted by molar-refractivity contribution is 4.83. The first-order valence-corrected chi connectivity index (χ1v) is 6.26. The fraction of sp³-hybridized carbons (Fsp3) is 1.00. The van der Waals surface area contributed by atoms with Gasteiger partial charge in [0.15, 0.2) is 0 Å². The number of hydrogen-bond donors (Lipinski definition) is 1. The lowest BCUT2D eigenvalue weighted by Gasteiger charge is -2.25. The summed E-state index contributed by atoms with van der Waals surface area (Å²) in [6, 6.07) is 1.50. The Kier molecular flexibility index (Phi) is 5.58. The number of hydrogen-bond acceptors (Lipinski definition) is 3. The molecule has 0 aromatic rings. The first-order valence-electron chi connectivity index (χ1n) is 6.26. The first kappa shape index (κ1) is 12.9. The summed E-state index contributed by atoms with van der Waals surface area (Å²) in [5.74, 6) is 0. The average molecular weight is 213 g/mol. The summed E-state index contributed by atoms with van der Waals surface area (Å²) in [6.07, 6.45) is 2.60. The molecule has 0 aliphatic carbocycles. The summed E-state index contributed by atoms with van der Waals surface area (Å²) in [7, 11) is 4.38. The molecule has 15 heavy (non-hydrogen) atoms. The molecule has 1 aliphatic heterocycles. The fourth-order valence-electron chi connectivity index (χ4n) is 2.26. The van der Waals surface area contributed by atoms with E-state index >= 15 is 0 Å². The summed E-state index contributed by atoms with van der Waals surface area (Å²) in [4.78, 5) is 4.99. The summed E-state index contributed by atoms with van der Waals surface area (Å²) < 4.78 is 0. The largest absolute Gasteiger partial charge is 0.317 e. The number of nitrogens with zero attached hydrogens (tertiary/aromatic N) is 2. The van der Waals surface area contributed by atoms with E-state index in [-0.39, 0.29) is 0 Å². The van der Waals surface area contributed by atoms with E-state index in [1.54, 1.807) is 0 Å². The molecular weight excluding hydrogens is 186 g/mol. The molecule has 3 heteroatoms. The molecule has 1 heterocycles. The topological polar surface area (TPSA) is 18.5 Å². The molecular formula is C12H27N3. The van der Waals surface area contributed by atoms with E-state index in [0.717, 1.165) is 25.2 Å². The van der Waals surface area contributed by atoms with Crippen molar-refractivity contribution in [2.45, 2.75) is 38.8 Å². The molecule has 90 valence electrons. The summed E-state index contributed by atoms with van der Waals surface area (Å²) >= 11 is 0. The Balaban J connectivity index is 2.21. The smallest absolute Gasteiger partial charge is 0.0229 e. The van der Waals surface area contributed by atoms with Gasteiger partial charge in [-0.25, -0.2) is 0 Å². The second kappa shape index (κ2) is 6.46. The molecule has 2 atom stereocenters. The van der Waals surface area contributed by atoms with Crippen LogP contribution in [0.25, 0.3) is 0 Å². The third-order valence-corrected chi connectivity index (χ3v) is 3.54. The van der Waals surface area contributed by atoms with E-state index in [0.29, 0.717) is 0 Å². The maximum atomic E-state index is 3.40. The molecule has 1 N–H and O–H groups in total. The van der Waals surface area contributed by atoms with Gasteiger partial charge in [-0.3, -0.25) is 4.90 Å². The van der Waals surface area contributed by atoms with E-state index in [1.165, 1.54) is 25.9 Å². The van der Waals surface area contributed by atoms with Gasteiger partial charge in [0.2, 0.25) is 0 Å². The number of likely N-dealkylation sites (N-methyl/N-ethyl adjacent to an activating group) is 1. The molecule has 1 rings (SSSR count). The van der Waals surface area contributed by atoms with E-state index in [2.05, 4.69) is 43.1 Å². The minimum Gasteiger partial charge on any atom is -0.317 e. The third-order valence-electron chi connectivity index (χ3n) is 3.54. The van der Waals surface area contributed by atoms with Crippen LogP contribution >= 0.6 is 0 Å². The van der Waals surface area contributed by atoms with Crippen molar-refractivity contribution in [1.29, 1.82) is 0 Å². The van der Waals surface area contributed by atoms with Gasteiger partial charge in [-0.05, 0) is 47.0 Å². The van der Waals surface area contributed by atoms with Gasteiger partial charge < -0.3 is 10.2 Å². The molecule has 1 fully saturated rings. The normalized spacial score (nSPS) is 25.0. The maximum Gasteiger partial charge on any atom is 0.0229 e. The Bertz CT molecular complexity index is 170. The van der Waals surface area contributed by atoms with Crippen molar-refractivity contribution in [2.24, 2.45) is 0 Å². The van der Waals surface area contributed by atoms with Crippen molar-refractivity contribution in [2.75, 3.05) is 40.3 Å². The predicted molar refractivity (Wildman–Crippen MR) is 66.3 cm³/mol. The predicted octanol–water partition coefficient (Wildman–Crippen LogP) is 1.01. The van der Waals surface area contributed by atoms with Crippen molar-refractivity contribution < 1.29 is 0 Å². The molecule has 2 unspecified atom stereocenters. The SMILES string of the molecule is CCNCCC(C)N1CCC(N(C)C)C1. The molecule has 1 aliphatic rings. The molecule has 3 nitrogen and oxygen atoms in total. The number of nitrogens with one attached hydrogen (secondary N) is 1. The van der Waals surface area contributed by atoms with Crippen molar-refractivity contribution >= 4 is 0 Å². The third kappa shape index (κ3) is 4.09. The monoisotopic (exact) mass is 213 g/mol. The van der Waals surface area contributed by atoms with Crippen LogP contribution in [-0.2, 0) is 0 Å². The van der Waals surface area contributed by atoms with Crippen molar-refractivity contribution in [3.63, 3.8) is 0 Å². The van der Waals surface area contributed by atoms with E-state index in [9.17, 15) is 0 Å². The van der Waals surface area contributed by atoms with Gasteiger partial charge in [-0.1, -0.05) is 6.92 Å². The molecule has 0 amide bonds. The molecule has 0 saturated carbocycles. The van der Waals surface area contributed by atoms with Crippen molar-refractivity contribution in [1.82, 2.24) is 15.1 Å². The lowest BCUT2D eigenvalue weighted by atomic mass is 10.2. The summed E-state index contributed by atoms with van der Waals surface area (Å²) in [5, 5.41) is 3.40. The van der Waals surface area contributed by atoms with Gasteiger partial charge >= 0.3 is 0 Å². The minimum atomic E-state index is 0.731. The molecule has 0 bridgehead atoms. The van der Waals surface area contributed by atoms with Crippen LogP contribution < -0.4 is 5.32 Å². The summed E-state index contributed by atoms with van der Waals surface area (Å²) in [5.41, 5.74) is 0. The van der Waals surface area contributed by atoms with Crippen LogP contribution in [0.3, 0.4) is 0 Å². The fourth-order valence-corrected chi connectivity index (χ4v) is 2.26. The van der Waals surface area contributed by atoms with Crippen LogP contribution in [0.5, 0.6) is 0 Å². The first-order chi connectivity index (χ1) is 7.15. The Morgan fingerprint density at radius 1 is 1.47 bits per heavy atom. The lowest BCUT2D eigenvalue weighted by molar-refractivity contribution is 0.217. The van der Waals surface area contributed by atoms with E-state index < -0.39 is 0 Å². The highest BCUT2D eigenvalue weighted by Crippen LogP contribution is 2.17. The Labute approximate surface area is 94.8 Å². The molecule has 0 aromatic heterocycles. The summed E-state index contributed by atoms with van der Waals surface area (Å²) in [6.45, 7) is 9.29. The van der Waals surface area contributed by atoms with E-state index in [4.69, 9.17) is 0 Å². The van der Waals surface area contributed by atoms with Gasteiger partial charge in [0, 0.05) is 25.2 Å². The van der Waals surface area contributed by atoms with Gasteiger partial charge in [0.1, 0.15) is 0 Å². The molecule has 0 spiro atoms. The zero-order valence-corrected chi connectivity index (χ0v) is 10.8. The lowest BCUT2D eigenvalue weighted by Crippen LogP contribution is -2.37. The molecule has 1 saturated heterocycles. The van der Waals surface area contributed by atoms with Crippen LogP contribution in [0.2, 0.25) is 0 Å². The van der Waals surface area contributed by atoms with Gasteiger partial charge in [0.25, 0.3) is 0 Å². The van der Waals surface area contributed by atoms with Gasteiger partial charge in [0.05, 0.1) is 0 Å². The highest BCUT2D eigenvalue weighted by atomic mass is 15.2. The second-order valence-electron chi connectivity index (χ2n) is 4.89. The van der Waals surface area contributed by atoms with Crippen LogP contribution in [0, 0.1) is 0 Å². The zero-order chi connectivity index (χ0) is 11.3. The van der Waals surface area contributed by atoms with Crippen LogP contribution in [0.4, 0.5) is 0 Å². The zero-order valence-electron chi connectivity index (χ0n) is 10.8. The number of likely N-dealkylation sites (tertiary alicyclic amines) is 1. The molecule has 0 aromatic carbocycles. The van der Waals surface area contributed by atoms with E-state index in [1.807, 2.05) is 0 Å². The minimum absolute atomic E-state index is 0.731. The molecule has 0 radical (unpaired) electrons. The van der Waals surface area contributed by atoms with Crippen LogP contribution in [0.1, 0.15) is 26.7 Å². The van der Waals surface area contributed by atoms with Crippen LogP contribution in [0.15, 0.2) is 0 Å². The van der Waals surface area contributed by atoms with Gasteiger partial charge in [-0.2, -0.15) is 0 Å². The van der Waals surface area contributed by atoms with Crippen LogP contribution in [-0.4, -0.2) is 62.2 Å². The Morgan fingerprint density at radius 2 is 2.20 bits per heavy atom. The van der Waals surface area contributed by atoms with Crippen molar-refractivity contribution in [3.05, 3.63) is 0 Å². The maximum absolute atomic E-state index is 3.40. The van der Waals surface area contributed by atoms with Crippen molar-refractivity contribution in [3.8, 4) is 0 Å². The van der Waals surface area contributed by atoms with Gasteiger partial charge in [-0.15, -0.1) is 0 Å². The quantitative estimate of drug-likeness (QED) is 0.664. The Morgan fingerprint density at radius 3 is 2.73 bits per heavy atom. The highest BCUT2D eigenvalue weighted by Gasteiger charge is 2.26. The Hall–Kier alpha value is -0.120. The number of rotatable bonds is 6. The second-order valence-corrected chi connectivity index (χ2v) is 4.89.